The van der Waals surface area contributed by atoms with E-state index in [1.807, 2.05) is 0 Å². The molecule has 0 spiro atoms. The average molecular weight is 673 g/mol. The molecule has 252 valence electrons. The van der Waals surface area contributed by atoms with E-state index in [-0.39, 0.29) is 35.1 Å². The molecular weight excluding hydrogens is 639 g/mol. The van der Waals surface area contributed by atoms with Crippen molar-refractivity contribution in [3.63, 3.8) is 0 Å². The number of nitrogens with one attached hydrogen (secondary N) is 2. The van der Waals surface area contributed by atoms with Gasteiger partial charge in [-0.3, -0.25) is 19.6 Å². The number of ether oxygens (including phenoxy) is 4. The van der Waals surface area contributed by atoms with Crippen LogP contribution < -0.4 is 22.6 Å². The molecule has 6 heterocycles. The van der Waals surface area contributed by atoms with Gasteiger partial charge in [-0.05, 0) is 12.1 Å². The number of rotatable bonds is 9. The normalized spacial score (nSPS) is 28.5. The topological polar surface area (TPSA) is 310 Å². The first-order chi connectivity index (χ1) is 22.0. The van der Waals surface area contributed by atoms with Crippen LogP contribution in [-0.4, -0.2) is 118 Å². The van der Waals surface area contributed by atoms with E-state index in [4.69, 9.17) is 40.4 Å². The molecule has 46 heavy (non-hydrogen) atoms. The van der Waals surface area contributed by atoms with Crippen molar-refractivity contribution in [3.05, 3.63) is 45.2 Å². The molecule has 0 amide bonds. The maximum Gasteiger partial charge on any atom is 0.261 e. The first-order valence-corrected chi connectivity index (χ1v) is 14.9. The summed E-state index contributed by atoms with van der Waals surface area (Å²) in [7, 11) is 0.588. The number of nitrogens with zero attached hydrogens (tertiary/aromatic N) is 4. The number of aliphatic hydroxyl groups is 4. The van der Waals surface area contributed by atoms with Crippen LogP contribution in [-0.2, 0) is 28.5 Å². The number of aromatic nitrogens is 6. The van der Waals surface area contributed by atoms with Gasteiger partial charge in [0.1, 0.15) is 36.9 Å². The lowest BCUT2D eigenvalue weighted by Gasteiger charge is -2.20. The van der Waals surface area contributed by atoms with E-state index in [2.05, 4.69) is 24.6 Å². The van der Waals surface area contributed by atoms with Crippen LogP contribution in [0.4, 0.5) is 11.9 Å². The number of methoxy groups -OCH3 is 2. The Morgan fingerprint density at radius 3 is 1.87 bits per heavy atom. The predicted octanol–water partition coefficient (Wildman–Crippen LogP) is -2.69. The van der Waals surface area contributed by atoms with Gasteiger partial charge in [0.15, 0.2) is 23.8 Å². The van der Waals surface area contributed by atoms with Crippen LogP contribution in [0.5, 0.6) is 0 Å². The fourth-order valence-corrected chi connectivity index (χ4v) is 5.40. The molecule has 0 aliphatic carbocycles. The molecular formula is C24H33N8O13P. The molecule has 0 bridgehead atoms. The van der Waals surface area contributed by atoms with Gasteiger partial charge < -0.3 is 64.9 Å². The Balaban J connectivity index is 0.000000184. The average Bonchev–Trinajstić information content (AvgIpc) is 3.79. The van der Waals surface area contributed by atoms with E-state index in [0.717, 1.165) is 0 Å². The summed E-state index contributed by atoms with van der Waals surface area (Å²) in [5.74, 6) is -0.0892. The Bertz CT molecular complexity index is 1760. The molecule has 2 aliphatic heterocycles. The van der Waals surface area contributed by atoms with Gasteiger partial charge in [0, 0.05) is 26.6 Å². The van der Waals surface area contributed by atoms with Gasteiger partial charge in [0.05, 0.1) is 17.4 Å². The van der Waals surface area contributed by atoms with Gasteiger partial charge in [-0.15, -0.1) is 0 Å². The largest absolute Gasteiger partial charge is 0.394 e. The minimum Gasteiger partial charge on any atom is -0.394 e. The fraction of sp³-hybridized carbons (Fsp3) is 0.500. The number of fused-ring (bicyclic) bond motifs is 2. The molecule has 21 nitrogen and oxygen atoms in total. The first kappa shape index (κ1) is 33.8. The third-order valence-corrected chi connectivity index (χ3v) is 7.80. The standard InChI is InChI=1S/C12H17N4O8P.C12H16N4O5/c1-21-7-6(18)11(23-24-25(20)4-17)22-10(7)16-3-2-5-8(16)14-12(13)15-9(5)19;1-20-8-7(18)6(4-17)21-11(8)16-3-2-5-9(16)14-12(13)15-10(5)19/h2-3,6-7,10-11,17-18,20H,4H2,1H3,(H3,13,14,15,19);2-3,6-8,11,17-18H,4H2,1H3,(H3,13,14,15,19)/t6?,7-,10+,11+,25?;6-,7?,8+,11-/m01/s1. The number of H-pyrrole nitrogens is 2. The molecule has 0 saturated carbocycles. The Kier molecular flexibility index (Phi) is 10.3. The maximum atomic E-state index is 11.9. The third kappa shape index (κ3) is 6.36. The van der Waals surface area contributed by atoms with Crippen LogP contribution in [0, 0.1) is 0 Å². The van der Waals surface area contributed by atoms with Crippen molar-refractivity contribution < 1.29 is 53.8 Å². The van der Waals surface area contributed by atoms with Crippen LogP contribution in [0.1, 0.15) is 12.5 Å². The summed E-state index contributed by atoms with van der Waals surface area (Å²) in [5.41, 5.74) is 10.9. The second-order valence-electron chi connectivity index (χ2n) is 10.0. The van der Waals surface area contributed by atoms with E-state index >= 15 is 0 Å². The SMILES string of the molecule is CO[C@H]1C(O)[C@@H](CO)O[C@H]1n1ccc2c(=O)[nH]c(N)nc21.CO[C@H]1C(O)[C@@H](OOP(O)CO)O[C@H]1n1ccc2c(=O)[nH]c(N)nc21. The molecule has 11 N–H and O–H groups in total. The van der Waals surface area contributed by atoms with Crippen molar-refractivity contribution in [1.29, 1.82) is 0 Å². The molecule has 4 aromatic rings. The molecule has 6 rings (SSSR count). The highest BCUT2D eigenvalue weighted by Crippen LogP contribution is 2.37. The van der Waals surface area contributed by atoms with Crippen molar-refractivity contribution in [2.24, 2.45) is 0 Å². The van der Waals surface area contributed by atoms with Crippen molar-refractivity contribution in [2.75, 3.05) is 38.6 Å². The highest BCUT2D eigenvalue weighted by atomic mass is 31.2. The van der Waals surface area contributed by atoms with Crippen LogP contribution in [0.2, 0.25) is 0 Å². The molecule has 22 heteroatoms. The van der Waals surface area contributed by atoms with Gasteiger partial charge in [-0.2, -0.15) is 19.5 Å². The Morgan fingerprint density at radius 2 is 1.39 bits per heavy atom. The number of aliphatic hydroxyl groups excluding tert-OH is 4. The van der Waals surface area contributed by atoms with Gasteiger partial charge in [0.2, 0.25) is 26.6 Å². The fourth-order valence-electron chi connectivity index (χ4n) is 5.17. The maximum absolute atomic E-state index is 11.9. The van der Waals surface area contributed by atoms with Crippen molar-refractivity contribution >= 4 is 42.3 Å². The highest BCUT2D eigenvalue weighted by Gasteiger charge is 2.48. The molecule has 0 radical (unpaired) electrons. The molecule has 3 unspecified atom stereocenters. The van der Waals surface area contributed by atoms with Crippen LogP contribution in [0.25, 0.3) is 22.1 Å². The molecule has 2 saturated heterocycles. The number of nitrogen functional groups attached to an aromatic ring is 2. The predicted molar refractivity (Wildman–Crippen MR) is 156 cm³/mol. The number of hydrogen-bond donors (Lipinski definition) is 9. The van der Waals surface area contributed by atoms with Gasteiger partial charge in [-0.1, -0.05) is 0 Å². The zero-order valence-corrected chi connectivity index (χ0v) is 25.1. The molecule has 2 aliphatic rings. The molecule has 0 aromatic carbocycles. The Hall–Kier alpha value is -3.57. The number of hydrogen-bond acceptors (Lipinski definition) is 17. The smallest absolute Gasteiger partial charge is 0.261 e. The van der Waals surface area contributed by atoms with E-state index < -0.39 is 69.5 Å². The van der Waals surface area contributed by atoms with Crippen molar-refractivity contribution in [1.82, 2.24) is 29.1 Å². The summed E-state index contributed by atoms with van der Waals surface area (Å²) in [5, 5.41) is 38.9. The zero-order valence-electron chi connectivity index (χ0n) is 24.2. The first-order valence-electron chi connectivity index (χ1n) is 13.5. The second-order valence-corrected chi connectivity index (χ2v) is 11.1. The van der Waals surface area contributed by atoms with Gasteiger partial charge in [-0.25, -0.2) is 0 Å². The van der Waals surface area contributed by atoms with Crippen LogP contribution in [0.15, 0.2) is 34.1 Å². The van der Waals surface area contributed by atoms with E-state index in [9.17, 15) is 29.8 Å². The minimum atomic E-state index is -2.21. The lowest BCUT2D eigenvalue weighted by atomic mass is 10.1. The van der Waals surface area contributed by atoms with Crippen molar-refractivity contribution in [3.8, 4) is 0 Å². The second kappa shape index (κ2) is 14.0. The van der Waals surface area contributed by atoms with E-state index in [1.54, 1.807) is 16.8 Å². The lowest BCUT2D eigenvalue weighted by Crippen LogP contribution is -2.34. The number of anilines is 2. The highest BCUT2D eigenvalue weighted by molar-refractivity contribution is 7.45. The summed E-state index contributed by atoms with van der Waals surface area (Å²) in [6.45, 7) is -0.340. The number of nitrogens with two attached hydrogens (primary N) is 2. The molecule has 2 fully saturated rings. The van der Waals surface area contributed by atoms with Gasteiger partial charge in [0.25, 0.3) is 11.1 Å². The summed E-state index contributed by atoms with van der Waals surface area (Å²) < 4.78 is 29.3. The summed E-state index contributed by atoms with van der Waals surface area (Å²) in [6, 6.07) is 3.10. The third-order valence-electron chi connectivity index (χ3n) is 7.30. The summed E-state index contributed by atoms with van der Waals surface area (Å²) >= 11 is 0. The molecule has 4 aromatic heterocycles. The van der Waals surface area contributed by atoms with E-state index in [0.29, 0.717) is 11.0 Å². The summed E-state index contributed by atoms with van der Waals surface area (Å²) in [4.78, 5) is 50.7. The van der Waals surface area contributed by atoms with E-state index in [1.165, 1.54) is 31.0 Å². The number of aromatic amines is 2. The minimum absolute atomic E-state index is 0.0151. The Morgan fingerprint density at radius 1 is 0.891 bits per heavy atom. The van der Waals surface area contributed by atoms with Crippen LogP contribution in [0.3, 0.4) is 0 Å². The van der Waals surface area contributed by atoms with Gasteiger partial charge >= 0.3 is 0 Å². The zero-order chi connectivity index (χ0) is 33.3. The Labute approximate surface area is 258 Å². The van der Waals surface area contributed by atoms with Crippen molar-refractivity contribution in [2.45, 2.75) is 49.3 Å². The van der Waals surface area contributed by atoms with Crippen LogP contribution >= 0.6 is 8.38 Å². The monoisotopic (exact) mass is 672 g/mol. The quantitative estimate of drug-likeness (QED) is 0.0496. The lowest BCUT2D eigenvalue weighted by molar-refractivity contribution is -0.332. The summed E-state index contributed by atoms with van der Waals surface area (Å²) in [6.07, 6.45) is -5.01. The molecule has 9 atom stereocenters.